The van der Waals surface area contributed by atoms with Gasteiger partial charge in [-0.25, -0.2) is 9.78 Å². The van der Waals surface area contributed by atoms with Gasteiger partial charge in [-0.05, 0) is 79.7 Å². The first kappa shape index (κ1) is 25.7. The first-order valence-electron chi connectivity index (χ1n) is 12.0. The highest BCUT2D eigenvalue weighted by Gasteiger charge is 2.17. The van der Waals surface area contributed by atoms with Gasteiger partial charge in [0, 0.05) is 21.8 Å². The Bertz CT molecular complexity index is 1630. The zero-order valence-electron chi connectivity index (χ0n) is 20.8. The summed E-state index contributed by atoms with van der Waals surface area (Å²) in [7, 11) is 0. The summed E-state index contributed by atoms with van der Waals surface area (Å²) in [5, 5.41) is 14.5. The molecule has 2 amide bonds. The molecule has 1 heterocycles. The normalized spacial score (nSPS) is 11.6. The van der Waals surface area contributed by atoms with Crippen LogP contribution in [-0.2, 0) is 4.79 Å². The Hall–Kier alpha value is -4.89. The molecule has 0 fully saturated rings. The quantitative estimate of drug-likeness (QED) is 0.192. The van der Waals surface area contributed by atoms with Gasteiger partial charge in [0.1, 0.15) is 5.52 Å². The van der Waals surface area contributed by atoms with E-state index in [2.05, 4.69) is 15.6 Å². The maximum atomic E-state index is 12.8. The number of thioether (sulfide) groups is 1. The van der Waals surface area contributed by atoms with Gasteiger partial charge in [-0.2, -0.15) is 0 Å². The van der Waals surface area contributed by atoms with Gasteiger partial charge in [0.15, 0.2) is 5.58 Å². The van der Waals surface area contributed by atoms with Crippen molar-refractivity contribution in [1.82, 2.24) is 4.98 Å². The van der Waals surface area contributed by atoms with Crippen LogP contribution in [-0.4, -0.2) is 33.1 Å². The van der Waals surface area contributed by atoms with Crippen LogP contribution in [0.25, 0.3) is 22.6 Å². The second-order valence-corrected chi connectivity index (χ2v) is 10.1. The van der Waals surface area contributed by atoms with E-state index in [0.717, 1.165) is 21.6 Å². The van der Waals surface area contributed by atoms with Gasteiger partial charge >= 0.3 is 5.97 Å². The molecule has 1 atom stereocenters. The highest BCUT2D eigenvalue weighted by molar-refractivity contribution is 8.00. The number of nitrogens with one attached hydrogen (secondary N) is 2. The van der Waals surface area contributed by atoms with Crippen LogP contribution in [0.1, 0.15) is 27.6 Å². The minimum Gasteiger partial charge on any atom is -0.478 e. The Labute approximate surface area is 228 Å². The molecule has 0 aliphatic rings. The lowest BCUT2D eigenvalue weighted by atomic mass is 10.1. The van der Waals surface area contributed by atoms with E-state index in [-0.39, 0.29) is 22.3 Å². The van der Waals surface area contributed by atoms with Crippen LogP contribution >= 0.6 is 11.8 Å². The van der Waals surface area contributed by atoms with Gasteiger partial charge < -0.3 is 20.2 Å². The van der Waals surface area contributed by atoms with Crippen molar-refractivity contribution in [2.75, 3.05) is 10.6 Å². The predicted molar refractivity (Wildman–Crippen MR) is 151 cm³/mol. The lowest BCUT2D eigenvalue weighted by molar-refractivity contribution is -0.115. The highest BCUT2D eigenvalue weighted by atomic mass is 32.2. The molecular weight excluding hydrogens is 514 g/mol. The van der Waals surface area contributed by atoms with E-state index in [1.807, 2.05) is 43.3 Å². The molecule has 0 radical (unpaired) electrons. The molecule has 39 heavy (non-hydrogen) atoms. The van der Waals surface area contributed by atoms with Crippen LogP contribution in [0.2, 0.25) is 0 Å². The lowest BCUT2D eigenvalue weighted by Gasteiger charge is -2.13. The summed E-state index contributed by atoms with van der Waals surface area (Å²) >= 11 is 1.38. The average Bonchev–Trinajstić information content (AvgIpc) is 3.39. The Morgan fingerprint density at radius 2 is 1.41 bits per heavy atom. The van der Waals surface area contributed by atoms with Gasteiger partial charge in [0.25, 0.3) is 5.91 Å². The molecule has 4 aromatic carbocycles. The van der Waals surface area contributed by atoms with Gasteiger partial charge in [0.05, 0.1) is 16.4 Å². The summed E-state index contributed by atoms with van der Waals surface area (Å²) in [5.41, 5.74) is 3.50. The lowest BCUT2D eigenvalue weighted by Crippen LogP contribution is -2.22. The molecule has 9 heteroatoms. The Morgan fingerprint density at radius 3 is 2.10 bits per heavy atom. The van der Waals surface area contributed by atoms with Crippen LogP contribution in [0.3, 0.4) is 0 Å². The fourth-order valence-electron chi connectivity index (χ4n) is 3.88. The summed E-state index contributed by atoms with van der Waals surface area (Å²) in [6.07, 6.45) is 0. The predicted octanol–water partition coefficient (Wildman–Crippen LogP) is 6.56. The number of para-hydroxylation sites is 2. The van der Waals surface area contributed by atoms with E-state index in [1.54, 1.807) is 48.5 Å². The van der Waals surface area contributed by atoms with Crippen LogP contribution in [0.5, 0.6) is 0 Å². The number of oxazole rings is 1. The van der Waals surface area contributed by atoms with Crippen LogP contribution in [0, 0.1) is 0 Å². The van der Waals surface area contributed by atoms with E-state index in [4.69, 9.17) is 4.42 Å². The van der Waals surface area contributed by atoms with Crippen LogP contribution in [0.15, 0.2) is 106 Å². The minimum absolute atomic E-state index is 0.0668. The second kappa shape index (κ2) is 11.2. The number of carboxylic acids is 1. The number of fused-ring (bicyclic) bond motifs is 1. The number of nitrogens with zero attached hydrogens (tertiary/aromatic N) is 1. The summed E-state index contributed by atoms with van der Waals surface area (Å²) in [5.74, 6) is -1.32. The molecule has 194 valence electrons. The van der Waals surface area contributed by atoms with Crippen molar-refractivity contribution in [3.05, 3.63) is 108 Å². The van der Waals surface area contributed by atoms with Crippen LogP contribution < -0.4 is 10.6 Å². The van der Waals surface area contributed by atoms with Crippen molar-refractivity contribution >= 4 is 52.0 Å². The molecule has 5 rings (SSSR count). The molecule has 0 saturated carbocycles. The first-order chi connectivity index (χ1) is 18.9. The molecule has 1 unspecified atom stereocenters. The Kier molecular flexibility index (Phi) is 7.42. The van der Waals surface area contributed by atoms with E-state index in [9.17, 15) is 19.5 Å². The molecule has 8 nitrogen and oxygen atoms in total. The number of hydrogen-bond acceptors (Lipinski definition) is 6. The van der Waals surface area contributed by atoms with E-state index in [1.165, 1.54) is 23.9 Å². The third-order valence-electron chi connectivity index (χ3n) is 5.89. The van der Waals surface area contributed by atoms with Crippen molar-refractivity contribution in [2.45, 2.75) is 17.1 Å². The zero-order chi connectivity index (χ0) is 27.4. The smallest absolute Gasteiger partial charge is 0.336 e. The molecule has 0 aliphatic carbocycles. The monoisotopic (exact) mass is 537 g/mol. The number of hydrogen-bond donors (Lipinski definition) is 3. The largest absolute Gasteiger partial charge is 0.478 e. The van der Waals surface area contributed by atoms with Crippen LogP contribution in [0.4, 0.5) is 11.4 Å². The van der Waals surface area contributed by atoms with E-state index < -0.39 is 11.9 Å². The van der Waals surface area contributed by atoms with E-state index >= 15 is 0 Å². The molecular formula is C30H23N3O5S. The molecule has 0 bridgehead atoms. The number of rotatable bonds is 8. The van der Waals surface area contributed by atoms with E-state index in [0.29, 0.717) is 17.3 Å². The molecule has 5 aromatic rings. The molecule has 0 saturated heterocycles. The van der Waals surface area contributed by atoms with Crippen molar-refractivity contribution in [3.63, 3.8) is 0 Å². The topological polar surface area (TPSA) is 122 Å². The Balaban J connectivity index is 1.17. The fourth-order valence-corrected chi connectivity index (χ4v) is 4.74. The molecule has 3 N–H and O–H groups in total. The first-order valence-corrected chi connectivity index (χ1v) is 12.9. The number of benzene rings is 4. The van der Waals surface area contributed by atoms with Gasteiger partial charge in [0.2, 0.25) is 11.8 Å². The third-order valence-corrected chi connectivity index (χ3v) is 7.00. The van der Waals surface area contributed by atoms with Gasteiger partial charge in [-0.1, -0.05) is 24.3 Å². The number of anilines is 2. The highest BCUT2D eigenvalue weighted by Crippen LogP contribution is 2.28. The maximum absolute atomic E-state index is 12.8. The fraction of sp³-hybridized carbons (Fsp3) is 0.0667. The van der Waals surface area contributed by atoms with Crippen molar-refractivity contribution in [2.24, 2.45) is 0 Å². The number of carbonyl (C=O) groups is 3. The third kappa shape index (κ3) is 6.00. The Morgan fingerprint density at radius 1 is 0.795 bits per heavy atom. The summed E-state index contributed by atoms with van der Waals surface area (Å²) < 4.78 is 5.80. The zero-order valence-corrected chi connectivity index (χ0v) is 21.6. The number of carboxylic acid groups (broad SMARTS) is 1. The summed E-state index contributed by atoms with van der Waals surface area (Å²) in [6.45, 7) is 1.81. The van der Waals surface area contributed by atoms with Crippen molar-refractivity contribution in [1.29, 1.82) is 0 Å². The van der Waals surface area contributed by atoms with Gasteiger partial charge in [-0.15, -0.1) is 11.8 Å². The van der Waals surface area contributed by atoms with Crippen molar-refractivity contribution < 1.29 is 23.9 Å². The summed E-state index contributed by atoms with van der Waals surface area (Å²) in [6, 6.07) is 27.9. The maximum Gasteiger partial charge on any atom is 0.336 e. The number of carbonyl (C=O) groups excluding carboxylic acids is 2. The minimum atomic E-state index is -1.17. The van der Waals surface area contributed by atoms with Crippen molar-refractivity contribution in [3.8, 4) is 11.5 Å². The number of amides is 2. The molecule has 0 aliphatic heterocycles. The average molecular weight is 538 g/mol. The SMILES string of the molecule is CC(Sc1ccc(NC(=O)c2ccccc2C(=O)O)cc1)C(=O)Nc1ccc(-c2nc3ccccc3o2)cc1. The molecule has 1 aromatic heterocycles. The standard InChI is InChI=1S/C30H23N3O5S/c1-18(27(34)31-20-12-10-19(11-13-20)29-33-25-8-4-5-9-26(25)38-29)39-22-16-14-21(15-17-22)32-28(35)23-6-2-3-7-24(23)30(36)37/h2-18H,1H3,(H,31,34)(H,32,35)(H,36,37). The van der Waals surface area contributed by atoms with Gasteiger partial charge in [-0.3, -0.25) is 9.59 Å². The number of aromatic nitrogens is 1. The second-order valence-electron chi connectivity index (χ2n) is 8.64. The summed E-state index contributed by atoms with van der Waals surface area (Å²) in [4.78, 5) is 42.1. The number of aromatic carboxylic acids is 1. The molecule has 0 spiro atoms.